The fourth-order valence-corrected chi connectivity index (χ4v) is 3.38. The maximum Gasteiger partial charge on any atom is 0.336 e. The number of hydrogen-bond acceptors (Lipinski definition) is 5. The van der Waals surface area contributed by atoms with Crippen LogP contribution in [0.15, 0.2) is 40.4 Å². The lowest BCUT2D eigenvalue weighted by Gasteiger charge is -2.27. The minimum Gasteiger partial charge on any atom is -0.503 e. The molecule has 0 radical (unpaired) electrons. The summed E-state index contributed by atoms with van der Waals surface area (Å²) < 4.78 is 5.35. The zero-order valence-electron chi connectivity index (χ0n) is 14.1. The summed E-state index contributed by atoms with van der Waals surface area (Å²) in [6, 6.07) is 6.42. The number of nitrogens with one attached hydrogen (secondary N) is 1. The van der Waals surface area contributed by atoms with Gasteiger partial charge in [-0.15, -0.1) is 0 Å². The second kappa shape index (κ2) is 7.83. The fraction of sp³-hybridized carbons (Fsp3) is 0.0556. The molecule has 0 aliphatic carbocycles. The summed E-state index contributed by atoms with van der Waals surface area (Å²) in [5, 5.41) is 12.1. The van der Waals surface area contributed by atoms with Gasteiger partial charge in [0.05, 0.1) is 27.3 Å². The number of phenols is 1. The Kier molecular flexibility index (Phi) is 5.64. The maximum atomic E-state index is 12.9. The highest BCUT2D eigenvalue weighted by Crippen LogP contribution is 2.37. The van der Waals surface area contributed by atoms with E-state index in [1.54, 1.807) is 0 Å². The van der Waals surface area contributed by atoms with Gasteiger partial charge in [-0.2, -0.15) is 0 Å². The van der Waals surface area contributed by atoms with Crippen LogP contribution in [-0.2, 0) is 9.59 Å². The summed E-state index contributed by atoms with van der Waals surface area (Å²) in [6.07, 6.45) is 1.27. The van der Waals surface area contributed by atoms with Crippen LogP contribution in [0, 0.1) is 0 Å². The van der Waals surface area contributed by atoms with Crippen LogP contribution in [-0.4, -0.2) is 30.1 Å². The number of benzene rings is 2. The predicted molar refractivity (Wildman–Crippen MR) is 108 cm³/mol. The first-order valence-electron chi connectivity index (χ1n) is 7.66. The highest BCUT2D eigenvalue weighted by molar-refractivity contribution is 9.10. The molecule has 2 aromatic carbocycles. The Labute approximate surface area is 177 Å². The van der Waals surface area contributed by atoms with Gasteiger partial charge >= 0.3 is 6.03 Å². The van der Waals surface area contributed by atoms with Gasteiger partial charge in [-0.3, -0.25) is 14.9 Å². The van der Waals surface area contributed by atoms with E-state index in [0.717, 1.165) is 4.90 Å². The summed E-state index contributed by atoms with van der Waals surface area (Å²) in [6.45, 7) is 0. The van der Waals surface area contributed by atoms with E-state index in [9.17, 15) is 19.5 Å². The Morgan fingerprint density at radius 2 is 1.93 bits per heavy atom. The molecule has 1 saturated heterocycles. The van der Waals surface area contributed by atoms with Crippen LogP contribution in [0.25, 0.3) is 6.08 Å². The highest BCUT2D eigenvalue weighted by atomic mass is 79.9. The standard InChI is InChI=1S/C18H11BrCl2N2O5/c1-28-13-7-8(6-10(19)15(13)24)5-9-16(25)22-18(27)23(17(9)26)12-4-2-3-11(20)14(12)21/h2-7,24H,1H3,(H,22,25,27)/b9-5+. The van der Waals surface area contributed by atoms with Gasteiger partial charge < -0.3 is 9.84 Å². The van der Waals surface area contributed by atoms with Crippen molar-refractivity contribution in [2.45, 2.75) is 0 Å². The Bertz CT molecular complexity index is 1050. The molecule has 28 heavy (non-hydrogen) atoms. The molecule has 0 saturated carbocycles. The van der Waals surface area contributed by atoms with Crippen molar-refractivity contribution in [3.8, 4) is 11.5 Å². The zero-order valence-corrected chi connectivity index (χ0v) is 17.2. The second-order valence-electron chi connectivity index (χ2n) is 5.58. The smallest absolute Gasteiger partial charge is 0.336 e. The van der Waals surface area contributed by atoms with Gasteiger partial charge in [-0.25, -0.2) is 9.69 Å². The fourth-order valence-electron chi connectivity index (χ4n) is 2.54. The van der Waals surface area contributed by atoms with Crippen molar-refractivity contribution in [1.29, 1.82) is 0 Å². The predicted octanol–water partition coefficient (Wildman–Crippen LogP) is 4.14. The molecule has 0 aromatic heterocycles. The lowest BCUT2D eigenvalue weighted by molar-refractivity contribution is -0.122. The second-order valence-corrected chi connectivity index (χ2v) is 7.22. The molecule has 1 heterocycles. The number of amides is 4. The number of ether oxygens (including phenoxy) is 1. The number of imide groups is 2. The molecule has 3 rings (SSSR count). The van der Waals surface area contributed by atoms with Gasteiger partial charge in [0.1, 0.15) is 5.57 Å². The number of halogens is 3. The van der Waals surface area contributed by atoms with Crippen molar-refractivity contribution in [3.63, 3.8) is 0 Å². The molecule has 4 amide bonds. The summed E-state index contributed by atoms with van der Waals surface area (Å²) >= 11 is 15.2. The van der Waals surface area contributed by atoms with E-state index in [0.29, 0.717) is 10.0 Å². The first-order valence-corrected chi connectivity index (χ1v) is 9.21. The Balaban J connectivity index is 2.09. The van der Waals surface area contributed by atoms with Crippen LogP contribution in [0.5, 0.6) is 11.5 Å². The normalized spacial score (nSPS) is 15.8. The van der Waals surface area contributed by atoms with E-state index < -0.39 is 17.8 Å². The summed E-state index contributed by atoms with van der Waals surface area (Å²) in [7, 11) is 1.36. The number of nitrogens with zero attached hydrogens (tertiary/aromatic N) is 1. The van der Waals surface area contributed by atoms with Crippen LogP contribution in [0.1, 0.15) is 5.56 Å². The van der Waals surface area contributed by atoms with Gasteiger partial charge in [0.25, 0.3) is 11.8 Å². The molecule has 0 spiro atoms. The van der Waals surface area contributed by atoms with Crippen LogP contribution in [0.4, 0.5) is 10.5 Å². The summed E-state index contributed by atoms with van der Waals surface area (Å²) in [5.74, 6) is -1.74. The van der Waals surface area contributed by atoms with Crippen molar-refractivity contribution in [1.82, 2.24) is 5.32 Å². The zero-order chi connectivity index (χ0) is 20.6. The summed E-state index contributed by atoms with van der Waals surface area (Å²) in [5.41, 5.74) is 0.112. The van der Waals surface area contributed by atoms with Crippen molar-refractivity contribution in [2.75, 3.05) is 12.0 Å². The molecule has 2 aromatic rings. The number of barbiturate groups is 1. The van der Waals surface area contributed by atoms with Crippen molar-refractivity contribution in [2.24, 2.45) is 0 Å². The quantitative estimate of drug-likeness (QED) is 0.503. The molecule has 10 heteroatoms. The number of phenolic OH excluding ortho intramolecular Hbond substituents is 1. The SMILES string of the molecule is COc1cc(/C=C2\C(=O)NC(=O)N(c3cccc(Cl)c3Cl)C2=O)cc(Br)c1O. The number of methoxy groups -OCH3 is 1. The van der Waals surface area contributed by atoms with Gasteiger partial charge in [0.15, 0.2) is 11.5 Å². The molecule has 0 bridgehead atoms. The van der Waals surface area contributed by atoms with E-state index in [1.807, 2.05) is 0 Å². The van der Waals surface area contributed by atoms with Crippen LogP contribution in [0.3, 0.4) is 0 Å². The van der Waals surface area contributed by atoms with Gasteiger partial charge in [-0.05, 0) is 51.8 Å². The molecule has 1 aliphatic heterocycles. The minimum absolute atomic E-state index is 0.00425. The van der Waals surface area contributed by atoms with Gasteiger partial charge in [-0.1, -0.05) is 29.3 Å². The van der Waals surface area contributed by atoms with Crippen LogP contribution >= 0.6 is 39.1 Å². The average molecular weight is 486 g/mol. The molecule has 1 fully saturated rings. The lowest BCUT2D eigenvalue weighted by Crippen LogP contribution is -2.54. The Hall–Kier alpha value is -2.55. The Morgan fingerprint density at radius 3 is 2.61 bits per heavy atom. The number of rotatable bonds is 3. The van der Waals surface area contributed by atoms with E-state index in [4.69, 9.17) is 27.9 Å². The average Bonchev–Trinajstić information content (AvgIpc) is 2.64. The van der Waals surface area contributed by atoms with E-state index in [1.165, 1.54) is 43.5 Å². The first-order chi connectivity index (χ1) is 13.2. The third-order valence-electron chi connectivity index (χ3n) is 3.86. The van der Waals surface area contributed by atoms with Crippen molar-refractivity contribution < 1.29 is 24.2 Å². The van der Waals surface area contributed by atoms with Gasteiger partial charge in [0, 0.05) is 0 Å². The number of carbonyl (C=O) groups is 3. The minimum atomic E-state index is -0.944. The molecule has 2 N–H and O–H groups in total. The van der Waals surface area contributed by atoms with E-state index in [2.05, 4.69) is 21.2 Å². The molecular formula is C18H11BrCl2N2O5. The third kappa shape index (κ3) is 3.58. The van der Waals surface area contributed by atoms with E-state index >= 15 is 0 Å². The number of anilines is 1. The van der Waals surface area contributed by atoms with Crippen molar-refractivity contribution in [3.05, 3.63) is 56.0 Å². The number of carbonyl (C=O) groups excluding carboxylic acids is 3. The number of aromatic hydroxyl groups is 1. The number of urea groups is 1. The Morgan fingerprint density at radius 1 is 1.21 bits per heavy atom. The molecule has 0 unspecified atom stereocenters. The topological polar surface area (TPSA) is 95.9 Å². The van der Waals surface area contributed by atoms with Crippen LogP contribution in [0.2, 0.25) is 10.0 Å². The largest absolute Gasteiger partial charge is 0.503 e. The third-order valence-corrected chi connectivity index (χ3v) is 5.27. The van der Waals surface area contributed by atoms with Crippen molar-refractivity contribution >= 4 is 68.7 Å². The summed E-state index contributed by atoms with van der Waals surface area (Å²) in [4.78, 5) is 38.1. The van der Waals surface area contributed by atoms with E-state index in [-0.39, 0.29) is 32.8 Å². The molecular weight excluding hydrogens is 475 g/mol. The van der Waals surface area contributed by atoms with Crippen LogP contribution < -0.4 is 15.0 Å². The maximum absolute atomic E-state index is 12.9. The van der Waals surface area contributed by atoms with Gasteiger partial charge in [0.2, 0.25) is 0 Å². The highest BCUT2D eigenvalue weighted by Gasteiger charge is 2.38. The molecule has 144 valence electrons. The first kappa shape index (κ1) is 20.2. The lowest BCUT2D eigenvalue weighted by atomic mass is 10.1. The molecule has 1 aliphatic rings. The molecule has 0 atom stereocenters. The monoisotopic (exact) mass is 484 g/mol. The number of hydrogen-bond donors (Lipinski definition) is 2. The molecule has 7 nitrogen and oxygen atoms in total.